The fourth-order valence-electron chi connectivity index (χ4n) is 3.08. The summed E-state index contributed by atoms with van der Waals surface area (Å²) in [6.07, 6.45) is 6.07. The first-order valence-corrected chi connectivity index (χ1v) is 7.91. The number of hydrogen-bond acceptors (Lipinski definition) is 2. The fourth-order valence-corrected chi connectivity index (χ4v) is 3.32. The van der Waals surface area contributed by atoms with Crippen molar-refractivity contribution in [1.82, 2.24) is 4.90 Å². The summed E-state index contributed by atoms with van der Waals surface area (Å²) < 4.78 is 14.6. The Balaban J connectivity index is 2.06. The molecule has 1 aromatic rings. The Morgan fingerprint density at radius 2 is 2.32 bits per heavy atom. The Morgan fingerprint density at radius 1 is 1.55 bits per heavy atom. The first-order valence-electron chi connectivity index (χ1n) is 7.53. The van der Waals surface area contributed by atoms with Crippen molar-refractivity contribution in [3.8, 4) is 18.4 Å². The minimum absolute atomic E-state index is 0.288. The fraction of sp³-hybridized carbons (Fsp3) is 0.500. The molecule has 0 spiro atoms. The van der Waals surface area contributed by atoms with E-state index in [1.165, 1.54) is 0 Å². The molecule has 0 aliphatic carbocycles. The Morgan fingerprint density at radius 3 is 2.86 bits per heavy atom. The molecule has 1 saturated heterocycles. The Labute approximate surface area is 136 Å². The van der Waals surface area contributed by atoms with Crippen molar-refractivity contribution in [2.75, 3.05) is 13.1 Å². The molecule has 116 valence electrons. The van der Waals surface area contributed by atoms with Crippen molar-refractivity contribution >= 4 is 11.6 Å². The van der Waals surface area contributed by atoms with Crippen LogP contribution in [0.25, 0.3) is 0 Å². The minimum atomic E-state index is -0.977. The molecule has 2 rings (SSSR count). The Kier molecular flexibility index (Phi) is 5.46. The third-order valence-corrected chi connectivity index (χ3v) is 5.11. The van der Waals surface area contributed by atoms with E-state index in [2.05, 4.69) is 16.9 Å². The SMILES string of the molecule is C#Cc1ccc(CN2CCC(CC)(CC#N)C(F)C2)c(Cl)c1. The Hall–Kier alpha value is -1.55. The highest BCUT2D eigenvalue weighted by atomic mass is 35.5. The summed E-state index contributed by atoms with van der Waals surface area (Å²) in [6, 6.07) is 7.67. The van der Waals surface area contributed by atoms with Gasteiger partial charge in [-0.05, 0) is 37.1 Å². The van der Waals surface area contributed by atoms with Crippen LogP contribution in [0.1, 0.15) is 37.3 Å². The van der Waals surface area contributed by atoms with Crippen LogP contribution in [0.4, 0.5) is 4.39 Å². The van der Waals surface area contributed by atoms with E-state index in [0.29, 0.717) is 31.0 Å². The summed E-state index contributed by atoms with van der Waals surface area (Å²) >= 11 is 6.24. The molecule has 22 heavy (non-hydrogen) atoms. The molecule has 2 unspecified atom stereocenters. The quantitative estimate of drug-likeness (QED) is 0.779. The number of alkyl halides is 1. The van der Waals surface area contributed by atoms with Crippen LogP contribution in [0.15, 0.2) is 18.2 Å². The molecule has 1 heterocycles. The molecule has 0 saturated carbocycles. The number of likely N-dealkylation sites (tertiary alicyclic amines) is 1. The molecule has 1 aliphatic heterocycles. The van der Waals surface area contributed by atoms with E-state index in [1.54, 1.807) is 6.07 Å². The molecular weight excluding hydrogens is 299 g/mol. The predicted molar refractivity (Wildman–Crippen MR) is 87.1 cm³/mol. The molecule has 0 amide bonds. The zero-order valence-electron chi connectivity index (χ0n) is 12.8. The molecule has 4 heteroatoms. The van der Waals surface area contributed by atoms with Gasteiger partial charge in [0, 0.05) is 35.5 Å². The van der Waals surface area contributed by atoms with E-state index in [4.69, 9.17) is 23.3 Å². The van der Waals surface area contributed by atoms with Crippen molar-refractivity contribution in [2.24, 2.45) is 5.41 Å². The third-order valence-electron chi connectivity index (χ3n) is 4.76. The van der Waals surface area contributed by atoms with Crippen LogP contribution in [-0.4, -0.2) is 24.2 Å². The number of terminal acetylenes is 1. The highest BCUT2D eigenvalue weighted by molar-refractivity contribution is 6.31. The zero-order valence-corrected chi connectivity index (χ0v) is 13.5. The van der Waals surface area contributed by atoms with Gasteiger partial charge < -0.3 is 0 Å². The maximum Gasteiger partial charge on any atom is 0.119 e. The summed E-state index contributed by atoms with van der Waals surface area (Å²) in [5, 5.41) is 9.58. The second kappa shape index (κ2) is 7.14. The van der Waals surface area contributed by atoms with Gasteiger partial charge in [0.05, 0.1) is 6.07 Å². The number of piperidine rings is 1. The van der Waals surface area contributed by atoms with E-state index >= 15 is 0 Å². The average molecular weight is 319 g/mol. The number of halogens is 2. The van der Waals surface area contributed by atoms with Gasteiger partial charge in [0.2, 0.25) is 0 Å². The van der Waals surface area contributed by atoms with Crippen molar-refractivity contribution in [3.05, 3.63) is 34.3 Å². The molecule has 1 fully saturated rings. The number of benzene rings is 1. The standard InChI is InChI=1S/C18H20ClFN2/c1-3-14-5-6-15(16(19)11-14)12-22-10-8-18(4-2,7-9-21)17(20)13-22/h1,5-6,11,17H,4,7-8,10,12-13H2,2H3. The molecule has 2 nitrogen and oxygen atoms in total. The summed E-state index contributed by atoms with van der Waals surface area (Å²) in [6.45, 7) is 3.71. The first-order chi connectivity index (χ1) is 10.5. The van der Waals surface area contributed by atoms with E-state index in [0.717, 1.165) is 17.7 Å². The molecular formula is C18H20ClFN2. The summed E-state index contributed by atoms with van der Waals surface area (Å²) in [7, 11) is 0. The lowest BCUT2D eigenvalue weighted by Crippen LogP contribution is -2.48. The van der Waals surface area contributed by atoms with Crippen LogP contribution in [0, 0.1) is 29.1 Å². The first kappa shape index (κ1) is 16.8. The molecule has 0 radical (unpaired) electrons. The van der Waals surface area contributed by atoms with Crippen molar-refractivity contribution < 1.29 is 4.39 Å². The molecule has 2 atom stereocenters. The van der Waals surface area contributed by atoms with E-state index in [-0.39, 0.29) is 6.42 Å². The van der Waals surface area contributed by atoms with Gasteiger partial charge in [-0.1, -0.05) is 30.5 Å². The van der Waals surface area contributed by atoms with E-state index in [1.807, 2.05) is 19.1 Å². The van der Waals surface area contributed by atoms with Crippen LogP contribution in [0.2, 0.25) is 5.02 Å². The topological polar surface area (TPSA) is 27.0 Å². The minimum Gasteiger partial charge on any atom is -0.296 e. The van der Waals surface area contributed by atoms with Crippen LogP contribution >= 0.6 is 11.6 Å². The lowest BCUT2D eigenvalue weighted by atomic mass is 9.72. The third kappa shape index (κ3) is 3.43. The summed E-state index contributed by atoms with van der Waals surface area (Å²) in [4.78, 5) is 2.06. The van der Waals surface area contributed by atoms with E-state index < -0.39 is 11.6 Å². The van der Waals surface area contributed by atoms with Gasteiger partial charge in [-0.25, -0.2) is 4.39 Å². The van der Waals surface area contributed by atoms with Gasteiger partial charge >= 0.3 is 0 Å². The molecule has 1 aliphatic rings. The highest BCUT2D eigenvalue weighted by Crippen LogP contribution is 2.40. The number of rotatable bonds is 4. The lowest BCUT2D eigenvalue weighted by Gasteiger charge is -2.43. The van der Waals surface area contributed by atoms with Gasteiger partial charge in [0.15, 0.2) is 0 Å². The summed E-state index contributed by atoms with van der Waals surface area (Å²) in [5.41, 5.74) is 1.22. The molecule has 1 aromatic carbocycles. The molecule has 0 aromatic heterocycles. The van der Waals surface area contributed by atoms with Crippen molar-refractivity contribution in [1.29, 1.82) is 5.26 Å². The monoisotopic (exact) mass is 318 g/mol. The largest absolute Gasteiger partial charge is 0.296 e. The maximum atomic E-state index is 14.6. The zero-order chi connectivity index (χ0) is 16.2. The van der Waals surface area contributed by atoms with Crippen LogP contribution in [0.3, 0.4) is 0 Å². The predicted octanol–water partition coefficient (Wildman–Crippen LogP) is 4.18. The molecule has 0 N–H and O–H groups in total. The van der Waals surface area contributed by atoms with Crippen LogP contribution < -0.4 is 0 Å². The highest BCUT2D eigenvalue weighted by Gasteiger charge is 2.42. The van der Waals surface area contributed by atoms with Gasteiger partial charge in [0.1, 0.15) is 6.17 Å². The van der Waals surface area contributed by atoms with Gasteiger partial charge in [-0.2, -0.15) is 5.26 Å². The van der Waals surface area contributed by atoms with Gasteiger partial charge in [0.25, 0.3) is 0 Å². The van der Waals surface area contributed by atoms with Crippen LogP contribution in [-0.2, 0) is 6.54 Å². The van der Waals surface area contributed by atoms with Gasteiger partial charge in [-0.3, -0.25) is 4.90 Å². The number of hydrogen-bond donors (Lipinski definition) is 0. The van der Waals surface area contributed by atoms with Gasteiger partial charge in [-0.15, -0.1) is 6.42 Å². The normalized spacial score (nSPS) is 25.4. The van der Waals surface area contributed by atoms with Crippen LogP contribution in [0.5, 0.6) is 0 Å². The lowest BCUT2D eigenvalue weighted by molar-refractivity contribution is 0.00336. The number of nitrogens with zero attached hydrogens (tertiary/aromatic N) is 2. The smallest absolute Gasteiger partial charge is 0.119 e. The second-order valence-corrected chi connectivity index (χ2v) is 6.36. The Bertz CT molecular complexity index is 616. The van der Waals surface area contributed by atoms with E-state index in [9.17, 15) is 4.39 Å². The average Bonchev–Trinajstić information content (AvgIpc) is 2.52. The second-order valence-electron chi connectivity index (χ2n) is 5.95. The maximum absolute atomic E-state index is 14.6. The number of nitriles is 1. The van der Waals surface area contributed by atoms with Crippen molar-refractivity contribution in [3.63, 3.8) is 0 Å². The molecule has 0 bridgehead atoms. The summed E-state index contributed by atoms with van der Waals surface area (Å²) in [5.74, 6) is 2.55. The van der Waals surface area contributed by atoms with Crippen molar-refractivity contribution in [2.45, 2.75) is 38.9 Å².